The van der Waals surface area contributed by atoms with E-state index in [2.05, 4.69) is 15.4 Å². The number of nitrogens with one attached hydrogen (secondary N) is 1. The third-order valence-corrected chi connectivity index (χ3v) is 6.31. The maximum atomic E-state index is 12.1. The summed E-state index contributed by atoms with van der Waals surface area (Å²) < 4.78 is 18.6. The lowest BCUT2D eigenvalue weighted by atomic mass is 10.4. The first-order valence-electron chi connectivity index (χ1n) is 8.21. The SMILES string of the molecule is CCO[Si](CCCNC(=O)n1ncnc1CC)(OCC)OCC. The second kappa shape index (κ2) is 10.5. The molecule has 0 aliphatic rings. The number of hydrogen-bond acceptors (Lipinski definition) is 6. The molecule has 0 aliphatic carbocycles. The lowest BCUT2D eigenvalue weighted by Gasteiger charge is -2.28. The number of carbonyl (C=O) groups excluding carboxylic acids is 1. The Labute approximate surface area is 138 Å². The van der Waals surface area contributed by atoms with Crippen molar-refractivity contribution >= 4 is 14.8 Å². The summed E-state index contributed by atoms with van der Waals surface area (Å²) in [5.74, 6) is 0.643. The topological polar surface area (TPSA) is 87.5 Å². The maximum Gasteiger partial charge on any atom is 0.500 e. The van der Waals surface area contributed by atoms with E-state index in [4.69, 9.17) is 13.3 Å². The van der Waals surface area contributed by atoms with Crippen LogP contribution in [0.2, 0.25) is 6.04 Å². The molecule has 1 amide bonds. The smallest absolute Gasteiger partial charge is 0.374 e. The molecular weight excluding hydrogens is 316 g/mol. The Morgan fingerprint density at radius 1 is 1.17 bits per heavy atom. The van der Waals surface area contributed by atoms with Crippen molar-refractivity contribution in [1.82, 2.24) is 20.1 Å². The fraction of sp³-hybridized carbons (Fsp3) is 0.786. The van der Waals surface area contributed by atoms with Crippen LogP contribution in [0, 0.1) is 0 Å². The third-order valence-electron chi connectivity index (χ3n) is 3.16. The van der Waals surface area contributed by atoms with E-state index in [1.165, 1.54) is 11.0 Å². The first kappa shape index (κ1) is 19.8. The van der Waals surface area contributed by atoms with Gasteiger partial charge in [0, 0.05) is 38.8 Å². The van der Waals surface area contributed by atoms with Gasteiger partial charge in [0.2, 0.25) is 0 Å². The van der Waals surface area contributed by atoms with E-state index in [1.807, 2.05) is 27.7 Å². The van der Waals surface area contributed by atoms with Crippen LogP contribution in [0.3, 0.4) is 0 Å². The van der Waals surface area contributed by atoms with Crippen LogP contribution in [-0.4, -0.2) is 56.0 Å². The van der Waals surface area contributed by atoms with Gasteiger partial charge in [-0.25, -0.2) is 9.78 Å². The number of carbonyl (C=O) groups is 1. The van der Waals surface area contributed by atoms with Crippen LogP contribution in [0.5, 0.6) is 0 Å². The van der Waals surface area contributed by atoms with Gasteiger partial charge in [0.05, 0.1) is 0 Å². The molecule has 0 unspecified atom stereocenters. The fourth-order valence-corrected chi connectivity index (χ4v) is 4.86. The van der Waals surface area contributed by atoms with Gasteiger partial charge in [0.1, 0.15) is 12.2 Å². The van der Waals surface area contributed by atoms with Crippen molar-refractivity contribution in [2.24, 2.45) is 0 Å². The molecule has 132 valence electrons. The van der Waals surface area contributed by atoms with Crippen LogP contribution >= 0.6 is 0 Å². The van der Waals surface area contributed by atoms with Crippen LogP contribution < -0.4 is 5.32 Å². The Kier molecular flexibility index (Phi) is 9.00. The van der Waals surface area contributed by atoms with E-state index in [0.29, 0.717) is 51.1 Å². The molecule has 8 nitrogen and oxygen atoms in total. The summed E-state index contributed by atoms with van der Waals surface area (Å²) in [6.07, 6.45) is 2.76. The average molecular weight is 344 g/mol. The quantitative estimate of drug-likeness (QED) is 0.487. The average Bonchev–Trinajstić information content (AvgIpc) is 3.01. The number of aromatic nitrogens is 3. The van der Waals surface area contributed by atoms with Crippen molar-refractivity contribution in [3.63, 3.8) is 0 Å². The largest absolute Gasteiger partial charge is 0.500 e. The summed E-state index contributed by atoms with van der Waals surface area (Å²) >= 11 is 0. The molecule has 0 saturated carbocycles. The minimum atomic E-state index is -2.64. The Hall–Kier alpha value is -1.29. The number of hydrogen-bond donors (Lipinski definition) is 1. The Bertz CT molecular complexity index is 452. The van der Waals surface area contributed by atoms with E-state index in [0.717, 1.165) is 0 Å². The minimum Gasteiger partial charge on any atom is -0.374 e. The van der Waals surface area contributed by atoms with Crippen LogP contribution in [-0.2, 0) is 19.7 Å². The molecule has 0 spiro atoms. The lowest BCUT2D eigenvalue weighted by molar-refractivity contribution is 0.0708. The van der Waals surface area contributed by atoms with Gasteiger partial charge in [0.25, 0.3) is 0 Å². The second-order valence-electron chi connectivity index (χ2n) is 4.76. The minimum absolute atomic E-state index is 0.268. The van der Waals surface area contributed by atoms with E-state index in [-0.39, 0.29) is 6.03 Å². The van der Waals surface area contributed by atoms with Gasteiger partial charge >= 0.3 is 14.8 Å². The lowest BCUT2D eigenvalue weighted by Crippen LogP contribution is -2.46. The normalized spacial score (nSPS) is 11.7. The summed E-state index contributed by atoms with van der Waals surface area (Å²) in [4.78, 5) is 16.1. The highest BCUT2D eigenvalue weighted by molar-refractivity contribution is 6.60. The van der Waals surface area contributed by atoms with Crippen LogP contribution in [0.15, 0.2) is 6.33 Å². The van der Waals surface area contributed by atoms with Crippen molar-refractivity contribution in [2.75, 3.05) is 26.4 Å². The number of aryl methyl sites for hydroxylation is 1. The zero-order valence-corrected chi connectivity index (χ0v) is 15.5. The highest BCUT2D eigenvalue weighted by atomic mass is 28.4. The van der Waals surface area contributed by atoms with E-state index in [1.54, 1.807) is 0 Å². The molecule has 0 fully saturated rings. The van der Waals surface area contributed by atoms with Crippen LogP contribution in [0.1, 0.15) is 39.9 Å². The zero-order valence-electron chi connectivity index (χ0n) is 14.5. The van der Waals surface area contributed by atoms with Gasteiger partial charge in [-0.15, -0.1) is 0 Å². The molecule has 0 radical (unpaired) electrons. The summed E-state index contributed by atoms with van der Waals surface area (Å²) in [7, 11) is -2.64. The Morgan fingerprint density at radius 3 is 2.30 bits per heavy atom. The molecule has 1 N–H and O–H groups in total. The van der Waals surface area contributed by atoms with Crippen LogP contribution in [0.4, 0.5) is 4.79 Å². The van der Waals surface area contributed by atoms with Gasteiger partial charge in [-0.05, 0) is 27.2 Å². The molecule has 1 aromatic rings. The summed E-state index contributed by atoms with van der Waals surface area (Å²) in [5, 5.41) is 6.77. The third kappa shape index (κ3) is 6.02. The van der Waals surface area contributed by atoms with Gasteiger partial charge in [-0.3, -0.25) is 0 Å². The number of rotatable bonds is 11. The molecule has 0 aliphatic heterocycles. The molecule has 1 rings (SSSR count). The Morgan fingerprint density at radius 2 is 1.78 bits per heavy atom. The van der Waals surface area contributed by atoms with Crippen molar-refractivity contribution in [3.8, 4) is 0 Å². The first-order valence-corrected chi connectivity index (χ1v) is 10.1. The van der Waals surface area contributed by atoms with Gasteiger partial charge in [0.15, 0.2) is 0 Å². The van der Waals surface area contributed by atoms with E-state index in [9.17, 15) is 4.79 Å². The van der Waals surface area contributed by atoms with Crippen molar-refractivity contribution in [1.29, 1.82) is 0 Å². The maximum absolute atomic E-state index is 12.1. The molecule has 9 heteroatoms. The number of nitrogens with zero attached hydrogens (tertiary/aromatic N) is 3. The standard InChI is InChI=1S/C14H28N4O4Si/c1-5-13-16-12-17-18(13)14(19)15-10-9-11-23(20-6-2,21-7-3)22-8-4/h12H,5-11H2,1-4H3,(H,15,19). The first-order chi connectivity index (χ1) is 11.1. The zero-order chi connectivity index (χ0) is 17.1. The molecule has 0 saturated heterocycles. The molecule has 0 bridgehead atoms. The molecule has 23 heavy (non-hydrogen) atoms. The fourth-order valence-electron chi connectivity index (χ4n) is 2.25. The van der Waals surface area contributed by atoms with Crippen LogP contribution in [0.25, 0.3) is 0 Å². The van der Waals surface area contributed by atoms with Gasteiger partial charge in [-0.2, -0.15) is 9.78 Å². The van der Waals surface area contributed by atoms with Gasteiger partial charge < -0.3 is 18.6 Å². The monoisotopic (exact) mass is 344 g/mol. The van der Waals surface area contributed by atoms with Gasteiger partial charge in [-0.1, -0.05) is 6.92 Å². The second-order valence-corrected chi connectivity index (χ2v) is 7.49. The molecule has 1 aromatic heterocycles. The summed E-state index contributed by atoms with van der Waals surface area (Å²) in [5.41, 5.74) is 0. The predicted molar refractivity (Wildman–Crippen MR) is 88.3 cm³/mol. The summed E-state index contributed by atoms with van der Waals surface area (Å²) in [6, 6.07) is 0.400. The highest BCUT2D eigenvalue weighted by Gasteiger charge is 2.39. The molecular formula is C14H28N4O4Si. The molecule has 0 aromatic carbocycles. The van der Waals surface area contributed by atoms with E-state index >= 15 is 0 Å². The Balaban J connectivity index is 2.48. The summed E-state index contributed by atoms with van der Waals surface area (Å²) in [6.45, 7) is 9.88. The predicted octanol–water partition coefficient (Wildman–Crippen LogP) is 1.84. The van der Waals surface area contributed by atoms with Crippen molar-refractivity contribution < 1.29 is 18.1 Å². The van der Waals surface area contributed by atoms with Crippen molar-refractivity contribution in [3.05, 3.63) is 12.2 Å². The molecule has 0 atom stereocenters. The highest BCUT2D eigenvalue weighted by Crippen LogP contribution is 2.17. The van der Waals surface area contributed by atoms with Crippen molar-refractivity contribution in [2.45, 2.75) is 46.6 Å². The molecule has 1 heterocycles. The number of amides is 1. The van der Waals surface area contributed by atoms with E-state index < -0.39 is 8.80 Å².